The zero-order valence-electron chi connectivity index (χ0n) is 19.2. The second-order valence-corrected chi connectivity index (χ2v) is 8.74. The number of aliphatic imine (C=N–C) groups is 1. The number of para-hydroxylation sites is 1. The maximum absolute atomic E-state index is 12.9. The van der Waals surface area contributed by atoms with Gasteiger partial charge in [0.05, 0.1) is 31.0 Å². The molecule has 33 heavy (non-hydrogen) atoms. The van der Waals surface area contributed by atoms with Crippen molar-refractivity contribution in [3.8, 4) is 11.4 Å². The Bertz CT molecular complexity index is 1240. The van der Waals surface area contributed by atoms with E-state index >= 15 is 0 Å². The number of rotatable bonds is 5. The van der Waals surface area contributed by atoms with Gasteiger partial charge in [-0.05, 0) is 42.5 Å². The van der Waals surface area contributed by atoms with Crippen LogP contribution in [0.3, 0.4) is 0 Å². The molecule has 0 fully saturated rings. The highest BCUT2D eigenvalue weighted by molar-refractivity contribution is 6.38. The molecule has 0 bridgehead atoms. The minimum absolute atomic E-state index is 0.149. The fourth-order valence-electron chi connectivity index (χ4n) is 4.15. The Hall–Kier alpha value is -3.94. The van der Waals surface area contributed by atoms with Crippen LogP contribution in [0.2, 0.25) is 0 Å². The number of nitrogens with two attached hydrogens (primary N) is 1. The van der Waals surface area contributed by atoms with Crippen LogP contribution in [0.4, 0.5) is 5.69 Å². The summed E-state index contributed by atoms with van der Waals surface area (Å²) in [5.74, 6) is 6.19. The lowest BCUT2D eigenvalue weighted by Gasteiger charge is -2.25. The average molecular weight is 445 g/mol. The Morgan fingerprint density at radius 1 is 1.30 bits per heavy atom. The Kier molecular flexibility index (Phi) is 6.00. The molecule has 0 aliphatic carbocycles. The lowest BCUT2D eigenvalue weighted by molar-refractivity contribution is -0.117. The van der Waals surface area contributed by atoms with Crippen LogP contribution in [0.25, 0.3) is 5.69 Å². The van der Waals surface area contributed by atoms with Gasteiger partial charge < -0.3 is 20.5 Å². The van der Waals surface area contributed by atoms with E-state index in [1.807, 2.05) is 60.2 Å². The van der Waals surface area contributed by atoms with E-state index in [1.54, 1.807) is 19.7 Å². The number of hydrogen-bond donors (Lipinski definition) is 2. The zero-order valence-corrected chi connectivity index (χ0v) is 19.2. The van der Waals surface area contributed by atoms with Crippen LogP contribution in [-0.4, -0.2) is 40.5 Å². The summed E-state index contributed by atoms with van der Waals surface area (Å²) >= 11 is 0. The van der Waals surface area contributed by atoms with Crippen LogP contribution in [0.15, 0.2) is 65.1 Å². The minimum atomic E-state index is -0.570. The van der Waals surface area contributed by atoms with Gasteiger partial charge >= 0.3 is 0 Å². The van der Waals surface area contributed by atoms with E-state index in [2.05, 4.69) is 34.2 Å². The summed E-state index contributed by atoms with van der Waals surface area (Å²) in [7, 11) is 1.61. The predicted octanol–water partition coefficient (Wildman–Crippen LogP) is 3.61. The van der Waals surface area contributed by atoms with E-state index in [4.69, 9.17) is 10.6 Å². The van der Waals surface area contributed by atoms with Gasteiger partial charge in [-0.2, -0.15) is 5.10 Å². The van der Waals surface area contributed by atoms with Gasteiger partial charge in [-0.25, -0.2) is 4.98 Å². The summed E-state index contributed by atoms with van der Waals surface area (Å²) < 4.78 is 7.47. The maximum atomic E-state index is 12.9. The molecule has 1 atom stereocenters. The molecule has 0 saturated carbocycles. The van der Waals surface area contributed by atoms with Crippen molar-refractivity contribution in [2.24, 2.45) is 15.9 Å². The molecule has 8 nitrogen and oxygen atoms in total. The first-order chi connectivity index (χ1) is 15.8. The average Bonchev–Trinajstić information content (AvgIpc) is 3.20. The third kappa shape index (κ3) is 4.50. The molecule has 8 heteroatoms. The standard InChI is InChI=1S/C25H28N6O2/c1-16-14-31(15-28-16)22-10-9-17(11-23(22)33-4)21(30-26)13-27-20-12-25(2,3)18-7-5-6-8-19(18)29-24(20)32/h5-11,13-15,20H,12,26H2,1-4H3,(H,29,32)/b27-13?,30-21+. The molecule has 1 aromatic heterocycles. The Morgan fingerprint density at radius 2 is 2.09 bits per heavy atom. The second kappa shape index (κ2) is 8.90. The van der Waals surface area contributed by atoms with E-state index in [0.29, 0.717) is 17.9 Å². The van der Waals surface area contributed by atoms with E-state index < -0.39 is 6.04 Å². The second-order valence-electron chi connectivity index (χ2n) is 8.74. The molecule has 170 valence electrons. The van der Waals surface area contributed by atoms with Crippen molar-refractivity contribution in [3.63, 3.8) is 0 Å². The maximum Gasteiger partial charge on any atom is 0.249 e. The summed E-state index contributed by atoms with van der Waals surface area (Å²) in [5, 5.41) is 6.91. The summed E-state index contributed by atoms with van der Waals surface area (Å²) in [6, 6.07) is 12.9. The Morgan fingerprint density at radius 3 is 2.79 bits per heavy atom. The molecule has 3 aromatic rings. The number of fused-ring (bicyclic) bond motifs is 1. The number of nitrogens with zero attached hydrogens (tertiary/aromatic N) is 4. The van der Waals surface area contributed by atoms with Crippen LogP contribution in [0.1, 0.15) is 37.1 Å². The molecule has 3 N–H and O–H groups in total. The number of aryl methyl sites for hydroxylation is 1. The normalized spacial score (nSPS) is 18.0. The lowest BCUT2D eigenvalue weighted by Crippen LogP contribution is -2.29. The third-order valence-electron chi connectivity index (χ3n) is 5.90. The Balaban J connectivity index is 1.60. The molecule has 0 spiro atoms. The first-order valence-electron chi connectivity index (χ1n) is 10.7. The van der Waals surface area contributed by atoms with Crippen LogP contribution >= 0.6 is 0 Å². The third-order valence-corrected chi connectivity index (χ3v) is 5.90. The van der Waals surface area contributed by atoms with E-state index in [1.165, 1.54) is 0 Å². The van der Waals surface area contributed by atoms with Crippen molar-refractivity contribution >= 4 is 23.5 Å². The van der Waals surface area contributed by atoms with Crippen molar-refractivity contribution in [2.75, 3.05) is 12.4 Å². The van der Waals surface area contributed by atoms with Crippen molar-refractivity contribution < 1.29 is 9.53 Å². The molecule has 1 amide bonds. The number of hydrazone groups is 1. The van der Waals surface area contributed by atoms with Gasteiger partial charge in [0.2, 0.25) is 5.91 Å². The summed E-state index contributed by atoms with van der Waals surface area (Å²) in [6.07, 6.45) is 5.77. The van der Waals surface area contributed by atoms with Gasteiger partial charge in [0.25, 0.3) is 0 Å². The van der Waals surface area contributed by atoms with Gasteiger partial charge in [-0.3, -0.25) is 9.79 Å². The SMILES string of the molecule is COc1cc(/C(C=NC2CC(C)(C)c3ccccc3NC2=O)=N/N)ccc1-n1cnc(C)c1. The molecule has 4 rings (SSSR count). The van der Waals surface area contributed by atoms with Crippen LogP contribution in [-0.2, 0) is 10.2 Å². The fraction of sp³-hybridized carbons (Fsp3) is 0.280. The molecule has 0 saturated heterocycles. The minimum Gasteiger partial charge on any atom is -0.495 e. The van der Waals surface area contributed by atoms with Gasteiger partial charge in [-0.15, -0.1) is 0 Å². The summed E-state index contributed by atoms with van der Waals surface area (Å²) in [4.78, 5) is 21.7. The highest BCUT2D eigenvalue weighted by Gasteiger charge is 2.34. The number of benzene rings is 2. The van der Waals surface area contributed by atoms with Crippen LogP contribution in [0, 0.1) is 6.92 Å². The number of carbonyl (C=O) groups excluding carboxylic acids is 1. The molecule has 2 heterocycles. The molecular weight excluding hydrogens is 416 g/mol. The molecule has 0 radical (unpaired) electrons. The van der Waals surface area contributed by atoms with Gasteiger partial charge in [-0.1, -0.05) is 38.1 Å². The fourth-order valence-corrected chi connectivity index (χ4v) is 4.15. The lowest BCUT2D eigenvalue weighted by atomic mass is 9.79. The summed E-state index contributed by atoms with van der Waals surface area (Å²) in [6.45, 7) is 6.17. The number of nitrogens with one attached hydrogen (secondary N) is 1. The van der Waals surface area contributed by atoms with E-state index in [0.717, 1.165) is 28.2 Å². The van der Waals surface area contributed by atoms with Crippen LogP contribution in [0.5, 0.6) is 5.75 Å². The van der Waals surface area contributed by atoms with Gasteiger partial charge in [0.15, 0.2) is 0 Å². The highest BCUT2D eigenvalue weighted by Crippen LogP contribution is 2.37. The summed E-state index contributed by atoms with van der Waals surface area (Å²) in [5.41, 5.74) is 4.63. The molecule has 1 aliphatic heterocycles. The molecule has 1 aliphatic rings. The first kappa shape index (κ1) is 22.3. The number of imidazole rings is 1. The zero-order chi connectivity index (χ0) is 23.6. The first-order valence-corrected chi connectivity index (χ1v) is 10.7. The highest BCUT2D eigenvalue weighted by atomic mass is 16.5. The predicted molar refractivity (Wildman–Crippen MR) is 131 cm³/mol. The van der Waals surface area contributed by atoms with E-state index in [-0.39, 0.29) is 11.3 Å². The number of methoxy groups -OCH3 is 1. The van der Waals surface area contributed by atoms with E-state index in [9.17, 15) is 4.79 Å². The number of anilines is 1. The molecule has 1 unspecified atom stereocenters. The van der Waals surface area contributed by atoms with Crippen molar-refractivity contribution in [2.45, 2.75) is 38.6 Å². The number of ether oxygens (including phenoxy) is 1. The number of amides is 1. The number of hydrogen-bond acceptors (Lipinski definition) is 6. The smallest absolute Gasteiger partial charge is 0.249 e. The monoisotopic (exact) mass is 444 g/mol. The van der Waals surface area contributed by atoms with Gasteiger partial charge in [0.1, 0.15) is 17.5 Å². The van der Waals surface area contributed by atoms with Crippen molar-refractivity contribution in [3.05, 3.63) is 71.8 Å². The Labute approximate surface area is 193 Å². The number of aromatic nitrogens is 2. The van der Waals surface area contributed by atoms with Gasteiger partial charge in [0, 0.05) is 17.4 Å². The van der Waals surface area contributed by atoms with Crippen molar-refractivity contribution in [1.82, 2.24) is 9.55 Å². The number of carbonyl (C=O) groups is 1. The quantitative estimate of drug-likeness (QED) is 0.356. The molecule has 2 aromatic carbocycles. The topological polar surface area (TPSA) is 107 Å². The molecular formula is C25H28N6O2. The largest absolute Gasteiger partial charge is 0.495 e. The van der Waals surface area contributed by atoms with Crippen molar-refractivity contribution in [1.29, 1.82) is 0 Å². The van der Waals surface area contributed by atoms with Crippen LogP contribution < -0.4 is 15.9 Å².